The molecule has 7 heteroatoms. The lowest BCUT2D eigenvalue weighted by molar-refractivity contribution is 0.792. The summed E-state index contributed by atoms with van der Waals surface area (Å²) in [6.07, 6.45) is 3.89. The van der Waals surface area contributed by atoms with Gasteiger partial charge >= 0.3 is 0 Å². The maximum Gasteiger partial charge on any atom is 0.191 e. The number of nitriles is 1. The first-order valence-corrected chi connectivity index (χ1v) is 8.44. The predicted octanol–water partition coefficient (Wildman–Crippen LogP) is 3.10. The summed E-state index contributed by atoms with van der Waals surface area (Å²) in [5, 5.41) is 16.5. The van der Waals surface area contributed by atoms with Gasteiger partial charge in [0, 0.05) is 37.6 Å². The third kappa shape index (κ3) is 6.45. The van der Waals surface area contributed by atoms with Gasteiger partial charge in [0.1, 0.15) is 0 Å². The third-order valence-electron chi connectivity index (χ3n) is 3.35. The van der Waals surface area contributed by atoms with Crippen molar-refractivity contribution < 1.29 is 0 Å². The summed E-state index contributed by atoms with van der Waals surface area (Å²) in [4.78, 5) is 9.95. The molecule has 0 unspecified atom stereocenters. The number of nitrogens with one attached hydrogen (secondary N) is 2. The summed E-state index contributed by atoms with van der Waals surface area (Å²) in [7, 11) is 1.76. The van der Waals surface area contributed by atoms with Gasteiger partial charge in [0.05, 0.1) is 16.6 Å². The summed E-state index contributed by atoms with van der Waals surface area (Å²) < 4.78 is 0. The van der Waals surface area contributed by atoms with Crippen LogP contribution in [0, 0.1) is 11.3 Å². The van der Waals surface area contributed by atoms with Gasteiger partial charge in [0.25, 0.3) is 0 Å². The van der Waals surface area contributed by atoms with E-state index in [-0.39, 0.29) is 24.0 Å². The smallest absolute Gasteiger partial charge is 0.191 e. The number of aromatic nitrogens is 1. The number of nitrogens with zero attached hydrogens (tertiary/aromatic N) is 3. The van der Waals surface area contributed by atoms with Gasteiger partial charge in [-0.25, -0.2) is 4.98 Å². The highest BCUT2D eigenvalue weighted by atomic mass is 127. The zero-order valence-corrected chi connectivity index (χ0v) is 17.0. The van der Waals surface area contributed by atoms with Gasteiger partial charge in [-0.05, 0) is 24.1 Å². The van der Waals surface area contributed by atoms with Crippen LogP contribution in [-0.4, -0.2) is 24.5 Å². The van der Waals surface area contributed by atoms with Crippen LogP contribution in [0.5, 0.6) is 0 Å². The number of halogens is 1. The second kappa shape index (κ2) is 11.0. The van der Waals surface area contributed by atoms with E-state index in [1.165, 1.54) is 4.88 Å². The van der Waals surface area contributed by atoms with Crippen molar-refractivity contribution in [2.75, 3.05) is 13.6 Å². The van der Waals surface area contributed by atoms with Gasteiger partial charge in [-0.1, -0.05) is 19.1 Å². The molecule has 0 aliphatic rings. The van der Waals surface area contributed by atoms with Gasteiger partial charge in [-0.15, -0.1) is 35.3 Å². The number of thiazole rings is 1. The first-order valence-electron chi connectivity index (χ1n) is 7.62. The van der Waals surface area contributed by atoms with E-state index in [1.54, 1.807) is 18.4 Å². The van der Waals surface area contributed by atoms with E-state index in [9.17, 15) is 0 Å². The van der Waals surface area contributed by atoms with Crippen molar-refractivity contribution in [3.05, 3.63) is 51.5 Å². The third-order valence-corrected chi connectivity index (χ3v) is 4.55. The van der Waals surface area contributed by atoms with Gasteiger partial charge in [-0.2, -0.15) is 5.26 Å². The van der Waals surface area contributed by atoms with E-state index in [1.807, 2.05) is 30.5 Å². The highest BCUT2D eigenvalue weighted by Gasteiger charge is 2.02. The van der Waals surface area contributed by atoms with Crippen LogP contribution in [0.2, 0.25) is 0 Å². The van der Waals surface area contributed by atoms with Crippen molar-refractivity contribution in [2.24, 2.45) is 4.99 Å². The average molecular weight is 455 g/mol. The van der Waals surface area contributed by atoms with Crippen LogP contribution in [0.1, 0.15) is 27.9 Å². The average Bonchev–Trinajstić information content (AvgIpc) is 3.06. The molecule has 0 radical (unpaired) electrons. The van der Waals surface area contributed by atoms with E-state index >= 15 is 0 Å². The Bertz CT molecular complexity index is 688. The zero-order valence-electron chi connectivity index (χ0n) is 13.9. The summed E-state index contributed by atoms with van der Waals surface area (Å²) in [6.45, 7) is 3.61. The van der Waals surface area contributed by atoms with E-state index in [0.717, 1.165) is 35.9 Å². The minimum atomic E-state index is 0. The molecule has 0 saturated carbocycles. The van der Waals surface area contributed by atoms with E-state index in [2.05, 4.69) is 33.6 Å². The van der Waals surface area contributed by atoms with Gasteiger partial charge in [0.15, 0.2) is 5.96 Å². The second-order valence-electron chi connectivity index (χ2n) is 4.99. The summed E-state index contributed by atoms with van der Waals surface area (Å²) in [5.74, 6) is 0.765. The molecule has 0 fully saturated rings. The number of aryl methyl sites for hydroxylation is 1. The van der Waals surface area contributed by atoms with Crippen LogP contribution in [0.3, 0.4) is 0 Å². The van der Waals surface area contributed by atoms with Crippen LogP contribution in [0.4, 0.5) is 0 Å². The molecule has 2 N–H and O–H groups in total. The highest BCUT2D eigenvalue weighted by Crippen LogP contribution is 2.13. The molecular weight excluding hydrogens is 433 g/mol. The first kappa shape index (κ1) is 20.4. The van der Waals surface area contributed by atoms with Gasteiger partial charge in [-0.3, -0.25) is 4.99 Å². The molecule has 0 saturated heterocycles. The molecule has 2 aromatic rings. The Morgan fingerprint density at radius 1 is 1.29 bits per heavy atom. The molecule has 0 atom stereocenters. The first-order chi connectivity index (χ1) is 11.2. The summed E-state index contributed by atoms with van der Waals surface area (Å²) in [5.41, 5.74) is 1.78. The molecule has 0 bridgehead atoms. The van der Waals surface area contributed by atoms with E-state index in [0.29, 0.717) is 12.1 Å². The van der Waals surface area contributed by atoms with Gasteiger partial charge in [0.2, 0.25) is 0 Å². The highest BCUT2D eigenvalue weighted by molar-refractivity contribution is 14.0. The lowest BCUT2D eigenvalue weighted by Crippen LogP contribution is -2.37. The molecule has 0 aliphatic carbocycles. The zero-order chi connectivity index (χ0) is 16.5. The number of aliphatic imine (C=N–C) groups is 1. The molecule has 0 aliphatic heterocycles. The number of guanidine groups is 1. The standard InChI is InChI=1S/C17H21N5S.HI/c1-3-15-12-21-16(23-15)8-9-20-17(19-2)22-11-14-6-4-13(10-18)5-7-14;/h4-7,12H,3,8-9,11H2,1-2H3,(H2,19,20,22);1H. The van der Waals surface area contributed by atoms with Crippen molar-refractivity contribution in [3.63, 3.8) is 0 Å². The van der Waals surface area contributed by atoms with Crippen LogP contribution >= 0.6 is 35.3 Å². The van der Waals surface area contributed by atoms with Crippen molar-refractivity contribution in [2.45, 2.75) is 26.3 Å². The predicted molar refractivity (Wildman–Crippen MR) is 110 cm³/mol. The Morgan fingerprint density at radius 3 is 2.62 bits per heavy atom. The van der Waals surface area contributed by atoms with Crippen LogP contribution < -0.4 is 10.6 Å². The minimum absolute atomic E-state index is 0. The van der Waals surface area contributed by atoms with Crippen molar-refractivity contribution >= 4 is 41.3 Å². The van der Waals surface area contributed by atoms with E-state index in [4.69, 9.17) is 5.26 Å². The maximum atomic E-state index is 8.79. The van der Waals surface area contributed by atoms with Crippen molar-refractivity contribution in [3.8, 4) is 6.07 Å². The number of hydrogen-bond acceptors (Lipinski definition) is 4. The topological polar surface area (TPSA) is 73.1 Å². The fraction of sp³-hybridized carbons (Fsp3) is 0.353. The van der Waals surface area contributed by atoms with E-state index < -0.39 is 0 Å². The summed E-state index contributed by atoms with van der Waals surface area (Å²) in [6, 6.07) is 9.65. The Balaban J connectivity index is 0.00000288. The monoisotopic (exact) mass is 455 g/mol. The minimum Gasteiger partial charge on any atom is -0.356 e. The normalized spacial score (nSPS) is 10.6. The fourth-order valence-electron chi connectivity index (χ4n) is 2.02. The van der Waals surface area contributed by atoms with Gasteiger partial charge < -0.3 is 10.6 Å². The molecule has 0 spiro atoms. The SMILES string of the molecule is CCc1cnc(CCNC(=NC)NCc2ccc(C#N)cc2)s1.I. The quantitative estimate of drug-likeness (QED) is 0.399. The molecule has 1 aromatic carbocycles. The Labute approximate surface area is 164 Å². The number of benzene rings is 1. The number of hydrogen-bond donors (Lipinski definition) is 2. The molecule has 2 rings (SSSR count). The molecule has 0 amide bonds. The molecule has 1 aromatic heterocycles. The van der Waals surface area contributed by atoms with Crippen LogP contribution in [0.25, 0.3) is 0 Å². The fourth-order valence-corrected chi connectivity index (χ4v) is 2.88. The molecule has 5 nitrogen and oxygen atoms in total. The van der Waals surface area contributed by atoms with Crippen LogP contribution in [-0.2, 0) is 19.4 Å². The lowest BCUT2D eigenvalue weighted by Gasteiger charge is -2.11. The molecule has 24 heavy (non-hydrogen) atoms. The number of rotatable bonds is 6. The lowest BCUT2D eigenvalue weighted by atomic mass is 10.1. The molecular formula is C17H22IN5S. The van der Waals surface area contributed by atoms with Crippen molar-refractivity contribution in [1.29, 1.82) is 5.26 Å². The molecule has 1 heterocycles. The van der Waals surface area contributed by atoms with Crippen LogP contribution in [0.15, 0.2) is 35.5 Å². The Kier molecular flexibility index (Phi) is 9.34. The Hall–Kier alpha value is -1.66. The maximum absolute atomic E-state index is 8.79. The largest absolute Gasteiger partial charge is 0.356 e. The van der Waals surface area contributed by atoms with Crippen molar-refractivity contribution in [1.82, 2.24) is 15.6 Å². The summed E-state index contributed by atoms with van der Waals surface area (Å²) >= 11 is 1.77. The second-order valence-corrected chi connectivity index (χ2v) is 6.18. The molecule has 128 valence electrons. The Morgan fingerprint density at radius 2 is 2.04 bits per heavy atom.